The summed E-state index contributed by atoms with van der Waals surface area (Å²) in [6, 6.07) is 6.56. The first-order chi connectivity index (χ1) is 9.01. The van der Waals surface area contributed by atoms with Crippen molar-refractivity contribution in [3.8, 4) is 0 Å². The maximum Gasteiger partial charge on any atom is 0.160 e. The highest BCUT2D eigenvalue weighted by atomic mass is 79.9. The zero-order valence-corrected chi connectivity index (χ0v) is 14.0. The first-order valence-corrected chi connectivity index (χ1v) is 7.87. The van der Waals surface area contributed by atoms with Gasteiger partial charge in [0.05, 0.1) is 0 Å². The molecule has 0 aliphatic carbocycles. The van der Waals surface area contributed by atoms with Crippen LogP contribution in [-0.2, 0) is 0 Å². The number of Topliss-reactive ketones (excluding diaryl/α,β-unsaturated/α-hetero) is 1. The molecule has 0 aliphatic rings. The van der Waals surface area contributed by atoms with Crippen LogP contribution in [0.5, 0.6) is 0 Å². The van der Waals surface area contributed by atoms with Crippen molar-refractivity contribution in [3.63, 3.8) is 0 Å². The van der Waals surface area contributed by atoms with E-state index in [1.54, 1.807) is 6.92 Å². The lowest BCUT2D eigenvalue weighted by Crippen LogP contribution is -2.33. The molecule has 1 rings (SSSR count). The third-order valence-corrected chi connectivity index (χ3v) is 4.20. The van der Waals surface area contributed by atoms with Crippen LogP contribution in [0.15, 0.2) is 22.7 Å². The smallest absolute Gasteiger partial charge is 0.160 e. The Labute approximate surface area is 125 Å². The van der Waals surface area contributed by atoms with Crippen molar-refractivity contribution in [1.82, 2.24) is 0 Å². The second-order valence-corrected chi connectivity index (χ2v) is 5.88. The summed E-state index contributed by atoms with van der Waals surface area (Å²) >= 11 is 3.51. The number of ketones is 1. The van der Waals surface area contributed by atoms with Gasteiger partial charge in [0, 0.05) is 28.3 Å². The van der Waals surface area contributed by atoms with E-state index >= 15 is 0 Å². The Morgan fingerprint density at radius 1 is 1.37 bits per heavy atom. The summed E-state index contributed by atoms with van der Waals surface area (Å²) < 4.78 is 0.891. The largest absolute Gasteiger partial charge is 0.369 e. The third-order valence-electron chi connectivity index (χ3n) is 3.54. The van der Waals surface area contributed by atoms with E-state index < -0.39 is 0 Å². The molecule has 3 heteroatoms. The quantitative estimate of drug-likeness (QED) is 0.653. The lowest BCUT2D eigenvalue weighted by molar-refractivity contribution is 0.101. The Bertz CT molecular complexity index is 431. The number of halogens is 1. The van der Waals surface area contributed by atoms with E-state index in [-0.39, 0.29) is 5.78 Å². The van der Waals surface area contributed by atoms with Crippen LogP contribution in [-0.4, -0.2) is 18.4 Å². The first-order valence-electron chi connectivity index (χ1n) is 7.08. The summed E-state index contributed by atoms with van der Waals surface area (Å²) in [5, 5.41) is 0. The topological polar surface area (TPSA) is 20.3 Å². The van der Waals surface area contributed by atoms with Gasteiger partial charge in [0.25, 0.3) is 0 Å². The molecule has 0 aliphatic heterocycles. The van der Waals surface area contributed by atoms with Crippen LogP contribution in [0.2, 0.25) is 0 Å². The van der Waals surface area contributed by atoms with Gasteiger partial charge in [-0.15, -0.1) is 0 Å². The molecule has 0 fully saturated rings. The molecule has 1 atom stereocenters. The lowest BCUT2D eigenvalue weighted by atomic mass is 10.1. The Kier molecular flexibility index (Phi) is 6.56. The van der Waals surface area contributed by atoms with Crippen LogP contribution < -0.4 is 4.90 Å². The molecular formula is C16H24BrNO. The fourth-order valence-corrected chi connectivity index (χ4v) is 2.77. The number of anilines is 1. The number of unbranched alkanes of at least 4 members (excludes halogenated alkanes) is 1. The zero-order valence-electron chi connectivity index (χ0n) is 12.4. The standard InChI is InChI=1S/C16H24BrNO/c1-5-7-10-18(12(3)6-2)14-8-9-15(13(4)19)16(17)11-14/h8-9,11-12H,5-7,10H2,1-4H3. The molecule has 19 heavy (non-hydrogen) atoms. The number of benzene rings is 1. The molecule has 0 bridgehead atoms. The minimum absolute atomic E-state index is 0.0991. The fourth-order valence-electron chi connectivity index (χ4n) is 2.12. The summed E-state index contributed by atoms with van der Waals surface area (Å²) in [5.41, 5.74) is 1.95. The van der Waals surface area contributed by atoms with E-state index in [2.05, 4.69) is 53.7 Å². The van der Waals surface area contributed by atoms with Gasteiger partial charge in [-0.3, -0.25) is 4.79 Å². The van der Waals surface area contributed by atoms with Gasteiger partial charge in [0.2, 0.25) is 0 Å². The lowest BCUT2D eigenvalue weighted by Gasteiger charge is -2.31. The molecule has 0 aromatic heterocycles. The molecule has 0 heterocycles. The highest BCUT2D eigenvalue weighted by molar-refractivity contribution is 9.10. The Hall–Kier alpha value is -0.830. The van der Waals surface area contributed by atoms with Gasteiger partial charge in [0.15, 0.2) is 5.78 Å². The van der Waals surface area contributed by atoms with Gasteiger partial charge in [-0.1, -0.05) is 20.3 Å². The van der Waals surface area contributed by atoms with Crippen molar-refractivity contribution >= 4 is 27.4 Å². The van der Waals surface area contributed by atoms with E-state index in [1.165, 1.54) is 18.5 Å². The van der Waals surface area contributed by atoms with Crippen molar-refractivity contribution in [3.05, 3.63) is 28.2 Å². The summed E-state index contributed by atoms with van der Waals surface area (Å²) in [4.78, 5) is 13.9. The van der Waals surface area contributed by atoms with E-state index in [0.717, 1.165) is 23.0 Å². The van der Waals surface area contributed by atoms with Gasteiger partial charge in [-0.05, 0) is 60.8 Å². The van der Waals surface area contributed by atoms with Gasteiger partial charge in [-0.25, -0.2) is 0 Å². The van der Waals surface area contributed by atoms with Crippen molar-refractivity contribution in [1.29, 1.82) is 0 Å². The number of carbonyl (C=O) groups excluding carboxylic acids is 1. The average Bonchev–Trinajstić information content (AvgIpc) is 2.38. The number of carbonyl (C=O) groups is 1. The normalized spacial score (nSPS) is 12.3. The second kappa shape index (κ2) is 7.68. The van der Waals surface area contributed by atoms with Gasteiger partial charge in [-0.2, -0.15) is 0 Å². The average molecular weight is 326 g/mol. The second-order valence-electron chi connectivity index (χ2n) is 5.02. The van der Waals surface area contributed by atoms with E-state index in [0.29, 0.717) is 6.04 Å². The van der Waals surface area contributed by atoms with E-state index in [4.69, 9.17) is 0 Å². The summed E-state index contributed by atoms with van der Waals surface area (Å²) in [6.45, 7) is 9.34. The predicted molar refractivity (Wildman–Crippen MR) is 86.2 cm³/mol. The predicted octanol–water partition coefficient (Wildman–Crippen LogP) is 5.06. The van der Waals surface area contributed by atoms with Gasteiger partial charge < -0.3 is 4.90 Å². The van der Waals surface area contributed by atoms with Crippen molar-refractivity contribution in [2.75, 3.05) is 11.4 Å². The molecule has 106 valence electrons. The molecule has 0 amide bonds. The van der Waals surface area contributed by atoms with E-state index in [1.807, 2.05) is 6.07 Å². The fraction of sp³-hybridized carbons (Fsp3) is 0.562. The van der Waals surface area contributed by atoms with Crippen LogP contribution in [0.1, 0.15) is 57.3 Å². The van der Waals surface area contributed by atoms with Crippen molar-refractivity contribution in [2.24, 2.45) is 0 Å². The molecule has 0 spiro atoms. The van der Waals surface area contributed by atoms with Crippen molar-refractivity contribution < 1.29 is 4.79 Å². The molecule has 0 saturated heterocycles. The molecule has 0 radical (unpaired) electrons. The highest BCUT2D eigenvalue weighted by Crippen LogP contribution is 2.26. The van der Waals surface area contributed by atoms with Gasteiger partial charge >= 0.3 is 0 Å². The Morgan fingerprint density at radius 2 is 2.05 bits per heavy atom. The minimum Gasteiger partial charge on any atom is -0.369 e. The molecular weight excluding hydrogens is 302 g/mol. The maximum atomic E-state index is 11.5. The number of hydrogen-bond acceptors (Lipinski definition) is 2. The Balaban J connectivity index is 3.02. The molecule has 0 N–H and O–H groups in total. The minimum atomic E-state index is 0.0991. The molecule has 2 nitrogen and oxygen atoms in total. The number of hydrogen-bond donors (Lipinski definition) is 0. The van der Waals surface area contributed by atoms with Crippen molar-refractivity contribution in [2.45, 2.75) is 53.0 Å². The summed E-state index contributed by atoms with van der Waals surface area (Å²) in [6.07, 6.45) is 3.51. The van der Waals surface area contributed by atoms with Crippen LogP contribution in [0, 0.1) is 0 Å². The van der Waals surface area contributed by atoms with Crippen LogP contribution in [0.4, 0.5) is 5.69 Å². The van der Waals surface area contributed by atoms with Gasteiger partial charge in [0.1, 0.15) is 0 Å². The van der Waals surface area contributed by atoms with Crippen LogP contribution in [0.3, 0.4) is 0 Å². The number of rotatable bonds is 7. The summed E-state index contributed by atoms with van der Waals surface area (Å²) in [5.74, 6) is 0.0991. The third kappa shape index (κ3) is 4.34. The van der Waals surface area contributed by atoms with Crippen LogP contribution in [0.25, 0.3) is 0 Å². The molecule has 1 aromatic carbocycles. The van der Waals surface area contributed by atoms with E-state index in [9.17, 15) is 4.79 Å². The maximum absolute atomic E-state index is 11.5. The zero-order chi connectivity index (χ0) is 14.4. The molecule has 0 saturated carbocycles. The highest BCUT2D eigenvalue weighted by Gasteiger charge is 2.14. The van der Waals surface area contributed by atoms with Crippen LogP contribution >= 0.6 is 15.9 Å². The number of nitrogens with zero attached hydrogens (tertiary/aromatic N) is 1. The molecule has 1 unspecified atom stereocenters. The Morgan fingerprint density at radius 3 is 2.53 bits per heavy atom. The first kappa shape index (κ1) is 16.2. The monoisotopic (exact) mass is 325 g/mol. The molecule has 1 aromatic rings. The summed E-state index contributed by atoms with van der Waals surface area (Å²) in [7, 11) is 0. The SMILES string of the molecule is CCCCN(c1ccc(C(C)=O)c(Br)c1)C(C)CC.